The number of methoxy groups -OCH3 is 1. The number of ether oxygens (including phenoxy) is 1. The van der Waals surface area contributed by atoms with Gasteiger partial charge in [0.15, 0.2) is 6.04 Å². The molecule has 1 amide bonds. The van der Waals surface area contributed by atoms with Crippen molar-refractivity contribution in [2.24, 2.45) is 5.73 Å². The Labute approximate surface area is 106 Å². The van der Waals surface area contributed by atoms with Crippen molar-refractivity contribution in [3.63, 3.8) is 0 Å². The van der Waals surface area contributed by atoms with Gasteiger partial charge >= 0.3 is 0 Å². The Morgan fingerprint density at radius 2 is 2.24 bits per heavy atom. The number of carbonyl (C=O) groups excluding carboxylic acids is 1. The SMILES string of the molecule is COc1ccc(Cl)cc1C[NH+](C)[C@@H](C)C(N)=O. The minimum Gasteiger partial charge on any atom is -0.496 e. The zero-order chi connectivity index (χ0) is 13.0. The van der Waals surface area contributed by atoms with Gasteiger partial charge in [-0.05, 0) is 25.1 Å². The Morgan fingerprint density at radius 3 is 2.76 bits per heavy atom. The summed E-state index contributed by atoms with van der Waals surface area (Å²) >= 11 is 5.94. The van der Waals surface area contributed by atoms with Crippen LogP contribution in [0.4, 0.5) is 0 Å². The van der Waals surface area contributed by atoms with E-state index in [0.717, 1.165) is 16.2 Å². The normalized spacial score (nSPS) is 14.1. The van der Waals surface area contributed by atoms with Crippen molar-refractivity contribution in [1.29, 1.82) is 0 Å². The second kappa shape index (κ2) is 5.89. The number of amides is 1. The molecule has 3 N–H and O–H groups in total. The van der Waals surface area contributed by atoms with Crippen molar-refractivity contribution in [3.05, 3.63) is 28.8 Å². The summed E-state index contributed by atoms with van der Waals surface area (Å²) in [4.78, 5) is 12.1. The van der Waals surface area contributed by atoms with E-state index in [4.69, 9.17) is 22.1 Å². The summed E-state index contributed by atoms with van der Waals surface area (Å²) in [6.45, 7) is 2.43. The summed E-state index contributed by atoms with van der Waals surface area (Å²) in [5.74, 6) is 0.453. The molecule has 1 aromatic carbocycles. The molecule has 0 aromatic heterocycles. The topological polar surface area (TPSA) is 56.8 Å². The number of likely N-dealkylation sites (N-methyl/N-ethyl adjacent to an activating group) is 1. The minimum atomic E-state index is -0.316. The Hall–Kier alpha value is -1.26. The van der Waals surface area contributed by atoms with Gasteiger partial charge < -0.3 is 15.4 Å². The lowest BCUT2D eigenvalue weighted by Gasteiger charge is -2.20. The van der Waals surface area contributed by atoms with Crippen LogP contribution in [0, 0.1) is 0 Å². The van der Waals surface area contributed by atoms with Crippen LogP contribution in [0.5, 0.6) is 5.75 Å². The van der Waals surface area contributed by atoms with Gasteiger partial charge in [-0.1, -0.05) is 11.6 Å². The first-order valence-corrected chi connectivity index (χ1v) is 5.77. The lowest BCUT2D eigenvalue weighted by molar-refractivity contribution is -0.908. The third kappa shape index (κ3) is 3.61. The predicted molar refractivity (Wildman–Crippen MR) is 67.3 cm³/mol. The Bertz CT molecular complexity index is 409. The van der Waals surface area contributed by atoms with E-state index >= 15 is 0 Å². The van der Waals surface area contributed by atoms with Gasteiger partial charge in [0, 0.05) is 10.6 Å². The number of hydrogen-bond acceptors (Lipinski definition) is 2. The Kier molecular flexibility index (Phi) is 4.78. The molecule has 0 aliphatic rings. The molecule has 0 bridgehead atoms. The predicted octanol–water partition coefficient (Wildman–Crippen LogP) is 0.237. The maximum atomic E-state index is 11.1. The number of benzene rings is 1. The van der Waals surface area contributed by atoms with Crippen molar-refractivity contribution in [2.45, 2.75) is 19.5 Å². The number of quaternary nitrogens is 1. The van der Waals surface area contributed by atoms with E-state index in [2.05, 4.69) is 0 Å². The molecule has 0 fully saturated rings. The van der Waals surface area contributed by atoms with E-state index < -0.39 is 0 Å². The lowest BCUT2D eigenvalue weighted by Crippen LogP contribution is -3.12. The van der Waals surface area contributed by atoms with Gasteiger partial charge in [-0.15, -0.1) is 0 Å². The number of nitrogens with two attached hydrogens (primary N) is 1. The number of rotatable bonds is 5. The van der Waals surface area contributed by atoms with Crippen LogP contribution >= 0.6 is 11.6 Å². The van der Waals surface area contributed by atoms with Crippen molar-refractivity contribution in [1.82, 2.24) is 0 Å². The molecule has 0 saturated carbocycles. The molecule has 0 radical (unpaired) electrons. The van der Waals surface area contributed by atoms with Crippen LogP contribution in [0.3, 0.4) is 0 Å². The van der Waals surface area contributed by atoms with E-state index in [-0.39, 0.29) is 11.9 Å². The third-order valence-corrected chi connectivity index (χ3v) is 3.11. The molecule has 17 heavy (non-hydrogen) atoms. The summed E-state index contributed by atoms with van der Waals surface area (Å²) in [6.07, 6.45) is 0. The molecule has 0 heterocycles. The highest BCUT2D eigenvalue weighted by Gasteiger charge is 2.20. The average Bonchev–Trinajstić information content (AvgIpc) is 2.28. The molecule has 4 nitrogen and oxygen atoms in total. The first-order chi connectivity index (χ1) is 7.95. The second-order valence-electron chi connectivity index (χ2n) is 4.10. The zero-order valence-electron chi connectivity index (χ0n) is 10.3. The molecule has 0 aliphatic heterocycles. The number of halogens is 1. The largest absolute Gasteiger partial charge is 0.496 e. The number of nitrogens with one attached hydrogen (secondary N) is 1. The first-order valence-electron chi connectivity index (χ1n) is 5.39. The Balaban J connectivity index is 2.86. The van der Waals surface area contributed by atoms with E-state index in [1.54, 1.807) is 20.1 Å². The van der Waals surface area contributed by atoms with Gasteiger partial charge in [0.25, 0.3) is 5.91 Å². The van der Waals surface area contributed by atoms with Crippen molar-refractivity contribution < 1.29 is 14.4 Å². The van der Waals surface area contributed by atoms with Gasteiger partial charge in [-0.25, -0.2) is 0 Å². The molecular formula is C12H18ClN2O2+. The average molecular weight is 258 g/mol. The molecule has 1 rings (SSSR count). The molecule has 1 aromatic rings. The standard InChI is InChI=1S/C12H17ClN2O2/c1-8(12(14)16)15(2)7-9-6-10(13)4-5-11(9)17-3/h4-6,8H,7H2,1-3H3,(H2,14,16)/p+1/t8-/m0/s1. The molecule has 0 spiro atoms. The number of carbonyl (C=O) groups is 1. The van der Waals surface area contributed by atoms with Crippen LogP contribution in [-0.4, -0.2) is 26.1 Å². The van der Waals surface area contributed by atoms with Crippen LogP contribution in [0.2, 0.25) is 5.02 Å². The molecule has 1 unspecified atom stereocenters. The molecule has 0 aliphatic carbocycles. The maximum absolute atomic E-state index is 11.1. The van der Waals surface area contributed by atoms with Crippen molar-refractivity contribution in [2.75, 3.05) is 14.2 Å². The Morgan fingerprint density at radius 1 is 1.59 bits per heavy atom. The van der Waals surface area contributed by atoms with Gasteiger partial charge in [0.05, 0.1) is 14.2 Å². The van der Waals surface area contributed by atoms with Crippen LogP contribution in [0.1, 0.15) is 12.5 Å². The van der Waals surface area contributed by atoms with Gasteiger partial charge in [-0.2, -0.15) is 0 Å². The third-order valence-electron chi connectivity index (χ3n) is 2.88. The summed E-state index contributed by atoms with van der Waals surface area (Å²) in [7, 11) is 3.52. The molecule has 2 atom stereocenters. The van der Waals surface area contributed by atoms with Crippen LogP contribution in [0.25, 0.3) is 0 Å². The van der Waals surface area contributed by atoms with Gasteiger partial charge in [0.2, 0.25) is 0 Å². The number of primary amides is 1. The molecular weight excluding hydrogens is 240 g/mol. The van der Waals surface area contributed by atoms with Gasteiger partial charge in [-0.3, -0.25) is 4.79 Å². The van der Waals surface area contributed by atoms with Crippen molar-refractivity contribution >= 4 is 17.5 Å². The number of hydrogen-bond donors (Lipinski definition) is 2. The summed E-state index contributed by atoms with van der Waals surface area (Å²) in [5, 5.41) is 0.653. The highest BCUT2D eigenvalue weighted by atomic mass is 35.5. The van der Waals surface area contributed by atoms with E-state index in [1.807, 2.05) is 19.2 Å². The van der Waals surface area contributed by atoms with Crippen LogP contribution < -0.4 is 15.4 Å². The fourth-order valence-corrected chi connectivity index (χ4v) is 1.78. The maximum Gasteiger partial charge on any atom is 0.275 e. The summed E-state index contributed by atoms with van der Waals surface area (Å²) < 4.78 is 5.25. The van der Waals surface area contributed by atoms with E-state index in [9.17, 15) is 4.79 Å². The second-order valence-corrected chi connectivity index (χ2v) is 4.54. The lowest BCUT2D eigenvalue weighted by atomic mass is 10.1. The van der Waals surface area contributed by atoms with Crippen LogP contribution in [0.15, 0.2) is 18.2 Å². The van der Waals surface area contributed by atoms with Crippen LogP contribution in [-0.2, 0) is 11.3 Å². The quantitative estimate of drug-likeness (QED) is 0.794. The van der Waals surface area contributed by atoms with E-state index in [1.165, 1.54) is 0 Å². The van der Waals surface area contributed by atoms with E-state index in [0.29, 0.717) is 11.6 Å². The highest BCUT2D eigenvalue weighted by molar-refractivity contribution is 6.30. The minimum absolute atomic E-state index is 0.251. The molecule has 0 saturated heterocycles. The summed E-state index contributed by atoms with van der Waals surface area (Å²) in [6, 6.07) is 5.19. The van der Waals surface area contributed by atoms with Crippen molar-refractivity contribution in [3.8, 4) is 5.75 Å². The fraction of sp³-hybridized carbons (Fsp3) is 0.417. The molecule has 5 heteroatoms. The smallest absolute Gasteiger partial charge is 0.275 e. The highest BCUT2D eigenvalue weighted by Crippen LogP contribution is 2.21. The monoisotopic (exact) mass is 257 g/mol. The first kappa shape index (κ1) is 13.8. The zero-order valence-corrected chi connectivity index (χ0v) is 11.0. The fourth-order valence-electron chi connectivity index (χ4n) is 1.58. The molecule has 94 valence electrons. The summed E-state index contributed by atoms with van der Waals surface area (Å²) in [5.41, 5.74) is 6.24. The van der Waals surface area contributed by atoms with Gasteiger partial charge in [0.1, 0.15) is 12.3 Å².